The van der Waals surface area contributed by atoms with Gasteiger partial charge in [0, 0.05) is 12.6 Å². The molecule has 3 heteroatoms. The lowest BCUT2D eigenvalue weighted by atomic mass is 9.97. The first kappa shape index (κ1) is 14.1. The van der Waals surface area contributed by atoms with Gasteiger partial charge in [0.15, 0.2) is 0 Å². The summed E-state index contributed by atoms with van der Waals surface area (Å²) in [5.74, 6) is 0. The molecule has 0 saturated carbocycles. The Morgan fingerprint density at radius 2 is 2.20 bits per heavy atom. The Morgan fingerprint density at radius 3 is 3.10 bits per heavy atom. The molecular formula is C17H26N2O. The molecule has 1 aromatic rings. The van der Waals surface area contributed by atoms with Gasteiger partial charge in [-0.3, -0.25) is 4.90 Å². The number of nitrogens with two attached hydrogens (primary N) is 1. The van der Waals surface area contributed by atoms with Crippen molar-refractivity contribution in [3.05, 3.63) is 35.4 Å². The van der Waals surface area contributed by atoms with Crippen molar-refractivity contribution in [2.75, 3.05) is 26.2 Å². The van der Waals surface area contributed by atoms with Crippen LogP contribution in [0, 0.1) is 0 Å². The number of nitrogens with zero attached hydrogens (tertiary/aromatic N) is 1. The van der Waals surface area contributed by atoms with E-state index in [1.165, 1.54) is 36.9 Å². The van der Waals surface area contributed by atoms with E-state index in [4.69, 9.17) is 10.5 Å². The van der Waals surface area contributed by atoms with Crippen LogP contribution in [0.4, 0.5) is 0 Å². The van der Waals surface area contributed by atoms with Crippen LogP contribution in [0.25, 0.3) is 0 Å². The molecule has 2 aliphatic rings. The Labute approximate surface area is 122 Å². The molecule has 1 fully saturated rings. The van der Waals surface area contributed by atoms with Crippen LogP contribution >= 0.6 is 0 Å². The van der Waals surface area contributed by atoms with Gasteiger partial charge in [-0.1, -0.05) is 24.3 Å². The van der Waals surface area contributed by atoms with Crippen LogP contribution in [0.5, 0.6) is 0 Å². The molecule has 2 aliphatic heterocycles. The number of ether oxygens (including phenoxy) is 1. The zero-order valence-corrected chi connectivity index (χ0v) is 12.3. The van der Waals surface area contributed by atoms with Crippen molar-refractivity contribution in [3.63, 3.8) is 0 Å². The van der Waals surface area contributed by atoms with E-state index in [2.05, 4.69) is 29.2 Å². The summed E-state index contributed by atoms with van der Waals surface area (Å²) in [6.45, 7) is 3.94. The zero-order valence-electron chi connectivity index (χ0n) is 12.3. The van der Waals surface area contributed by atoms with Crippen LogP contribution in [-0.2, 0) is 11.2 Å². The van der Waals surface area contributed by atoms with E-state index in [9.17, 15) is 0 Å². The number of benzene rings is 1. The van der Waals surface area contributed by atoms with E-state index in [1.807, 2.05) is 0 Å². The van der Waals surface area contributed by atoms with E-state index >= 15 is 0 Å². The lowest BCUT2D eigenvalue weighted by molar-refractivity contribution is 0.0124. The fourth-order valence-corrected chi connectivity index (χ4v) is 3.66. The maximum Gasteiger partial charge on any atom is 0.0954 e. The molecule has 2 atom stereocenters. The minimum Gasteiger partial charge on any atom is -0.372 e. The minimum atomic E-state index is 0.262. The Kier molecular flexibility index (Phi) is 4.71. The standard InChI is InChI=1S/C17H26N2O/c18-10-3-6-15-7-4-11-19(15)13-17-16-8-2-1-5-14(16)9-12-20-17/h1-2,5,8,15,17H,3-4,6-7,9-13,18H2. The molecule has 2 unspecified atom stereocenters. The summed E-state index contributed by atoms with van der Waals surface area (Å²) in [5, 5.41) is 0. The third kappa shape index (κ3) is 3.05. The van der Waals surface area contributed by atoms with Gasteiger partial charge in [-0.15, -0.1) is 0 Å². The third-order valence-electron chi connectivity index (χ3n) is 4.73. The maximum atomic E-state index is 6.05. The second-order valence-electron chi connectivity index (χ2n) is 6.03. The minimum absolute atomic E-state index is 0.262. The Balaban J connectivity index is 1.66. The van der Waals surface area contributed by atoms with Gasteiger partial charge in [0.25, 0.3) is 0 Å². The molecule has 0 spiro atoms. The number of rotatable bonds is 5. The molecule has 20 heavy (non-hydrogen) atoms. The smallest absolute Gasteiger partial charge is 0.0954 e. The van der Waals surface area contributed by atoms with Crippen molar-refractivity contribution >= 4 is 0 Å². The number of likely N-dealkylation sites (tertiary alicyclic amines) is 1. The predicted octanol–water partition coefficient (Wildman–Crippen LogP) is 2.50. The lowest BCUT2D eigenvalue weighted by Crippen LogP contribution is -2.35. The van der Waals surface area contributed by atoms with Crippen molar-refractivity contribution in [1.82, 2.24) is 4.90 Å². The van der Waals surface area contributed by atoms with Gasteiger partial charge in [-0.25, -0.2) is 0 Å². The predicted molar refractivity (Wildman–Crippen MR) is 81.7 cm³/mol. The van der Waals surface area contributed by atoms with Gasteiger partial charge in [0.1, 0.15) is 0 Å². The van der Waals surface area contributed by atoms with Gasteiger partial charge in [0.2, 0.25) is 0 Å². The highest BCUT2D eigenvalue weighted by Crippen LogP contribution is 2.30. The Morgan fingerprint density at radius 1 is 1.30 bits per heavy atom. The molecule has 110 valence electrons. The molecule has 0 bridgehead atoms. The Hall–Kier alpha value is -0.900. The van der Waals surface area contributed by atoms with Gasteiger partial charge in [0.05, 0.1) is 12.7 Å². The molecule has 0 amide bonds. The van der Waals surface area contributed by atoms with Crippen LogP contribution < -0.4 is 5.73 Å². The van der Waals surface area contributed by atoms with Gasteiger partial charge in [-0.05, 0) is 56.3 Å². The molecule has 3 nitrogen and oxygen atoms in total. The fraction of sp³-hybridized carbons (Fsp3) is 0.647. The summed E-state index contributed by atoms with van der Waals surface area (Å²) >= 11 is 0. The largest absolute Gasteiger partial charge is 0.372 e. The zero-order chi connectivity index (χ0) is 13.8. The van der Waals surface area contributed by atoms with Crippen LogP contribution in [0.3, 0.4) is 0 Å². The SMILES string of the molecule is NCCCC1CCCN1CC1OCCc2ccccc21. The van der Waals surface area contributed by atoms with Crippen molar-refractivity contribution in [2.24, 2.45) is 5.73 Å². The molecule has 0 aliphatic carbocycles. The van der Waals surface area contributed by atoms with Crippen LogP contribution in [0.1, 0.15) is 42.9 Å². The van der Waals surface area contributed by atoms with Crippen molar-refractivity contribution in [3.8, 4) is 0 Å². The van der Waals surface area contributed by atoms with Crippen LogP contribution in [-0.4, -0.2) is 37.2 Å². The van der Waals surface area contributed by atoms with Crippen molar-refractivity contribution in [2.45, 2.75) is 44.2 Å². The maximum absolute atomic E-state index is 6.05. The summed E-state index contributed by atoms with van der Waals surface area (Å²) in [4.78, 5) is 2.63. The molecule has 2 N–H and O–H groups in total. The summed E-state index contributed by atoms with van der Waals surface area (Å²) in [6, 6.07) is 9.48. The Bertz CT molecular complexity index is 435. The average Bonchev–Trinajstić information content (AvgIpc) is 2.93. The first-order chi connectivity index (χ1) is 9.88. The normalized spacial score (nSPS) is 26.6. The highest BCUT2D eigenvalue weighted by Gasteiger charge is 2.29. The second kappa shape index (κ2) is 6.70. The molecule has 0 aromatic heterocycles. The monoisotopic (exact) mass is 274 g/mol. The number of hydrogen-bond donors (Lipinski definition) is 1. The summed E-state index contributed by atoms with van der Waals surface area (Å²) in [5.41, 5.74) is 8.54. The fourth-order valence-electron chi connectivity index (χ4n) is 3.66. The summed E-state index contributed by atoms with van der Waals surface area (Å²) in [6.07, 6.45) is 6.36. The average molecular weight is 274 g/mol. The summed E-state index contributed by atoms with van der Waals surface area (Å²) in [7, 11) is 0. The topological polar surface area (TPSA) is 38.5 Å². The van der Waals surface area contributed by atoms with Crippen LogP contribution in [0.15, 0.2) is 24.3 Å². The van der Waals surface area contributed by atoms with E-state index in [1.54, 1.807) is 0 Å². The first-order valence-electron chi connectivity index (χ1n) is 8.02. The highest BCUT2D eigenvalue weighted by atomic mass is 16.5. The molecule has 1 aromatic carbocycles. The number of hydrogen-bond acceptors (Lipinski definition) is 3. The quantitative estimate of drug-likeness (QED) is 0.896. The summed E-state index contributed by atoms with van der Waals surface area (Å²) < 4.78 is 6.05. The van der Waals surface area contributed by atoms with Gasteiger partial charge >= 0.3 is 0 Å². The molecule has 0 radical (unpaired) electrons. The van der Waals surface area contributed by atoms with E-state index in [-0.39, 0.29) is 6.10 Å². The van der Waals surface area contributed by atoms with Crippen molar-refractivity contribution in [1.29, 1.82) is 0 Å². The lowest BCUT2D eigenvalue weighted by Gasteiger charge is -2.32. The molecule has 1 saturated heterocycles. The molecule has 2 heterocycles. The van der Waals surface area contributed by atoms with Crippen LogP contribution in [0.2, 0.25) is 0 Å². The highest BCUT2D eigenvalue weighted by molar-refractivity contribution is 5.31. The van der Waals surface area contributed by atoms with E-state index in [0.29, 0.717) is 0 Å². The van der Waals surface area contributed by atoms with Crippen molar-refractivity contribution < 1.29 is 4.74 Å². The third-order valence-corrected chi connectivity index (χ3v) is 4.73. The van der Waals surface area contributed by atoms with Gasteiger partial charge < -0.3 is 10.5 Å². The first-order valence-corrected chi connectivity index (χ1v) is 8.02. The second-order valence-corrected chi connectivity index (χ2v) is 6.03. The number of fused-ring (bicyclic) bond motifs is 1. The van der Waals surface area contributed by atoms with Gasteiger partial charge in [-0.2, -0.15) is 0 Å². The molecule has 3 rings (SSSR count). The van der Waals surface area contributed by atoms with E-state index < -0.39 is 0 Å². The van der Waals surface area contributed by atoms with E-state index in [0.717, 1.165) is 38.6 Å². The molecular weight excluding hydrogens is 248 g/mol.